The highest BCUT2D eigenvalue weighted by Gasteiger charge is 2.27. The number of para-hydroxylation sites is 1. The molecule has 0 spiro atoms. The Morgan fingerprint density at radius 3 is 2.22 bits per heavy atom. The highest BCUT2D eigenvalue weighted by Crippen LogP contribution is 2.36. The lowest BCUT2D eigenvalue weighted by atomic mass is 10.1. The fraction of sp³-hybridized carbons (Fsp3) is 0.192. The quantitative estimate of drug-likeness (QED) is 0.324. The second-order valence-corrected chi connectivity index (χ2v) is 9.11. The van der Waals surface area contributed by atoms with Gasteiger partial charge in [0.15, 0.2) is 5.16 Å². The first kappa shape index (κ1) is 21.8. The summed E-state index contributed by atoms with van der Waals surface area (Å²) in [5.74, 6) is -0.0596. The molecule has 1 heterocycles. The number of hydrogen-bond acceptors (Lipinski definition) is 4. The Morgan fingerprint density at radius 2 is 1.56 bits per heavy atom. The Morgan fingerprint density at radius 1 is 0.938 bits per heavy atom. The number of amides is 1. The van der Waals surface area contributed by atoms with Crippen LogP contribution in [0.2, 0.25) is 0 Å². The monoisotopic (exact) mass is 443 g/mol. The first-order chi connectivity index (χ1) is 15.3. The molecule has 4 rings (SSSR count). The molecule has 0 fully saturated rings. The van der Waals surface area contributed by atoms with E-state index < -0.39 is 5.25 Å². The first-order valence-corrected chi connectivity index (χ1v) is 11.3. The molecule has 0 aliphatic carbocycles. The molecular weight excluding hydrogens is 418 g/mol. The number of carbonyl (C=O) groups excluding carboxylic acids is 1. The summed E-state index contributed by atoms with van der Waals surface area (Å²) in [6.45, 7) is 4.01. The van der Waals surface area contributed by atoms with Gasteiger partial charge < -0.3 is 4.90 Å². The van der Waals surface area contributed by atoms with Gasteiger partial charge in [0.25, 0.3) is 5.56 Å². The molecule has 162 valence electrons. The number of aryl methyl sites for hydroxylation is 2. The molecule has 1 atom stereocenters. The van der Waals surface area contributed by atoms with E-state index in [4.69, 9.17) is 4.98 Å². The maximum Gasteiger partial charge on any atom is 0.266 e. The van der Waals surface area contributed by atoms with Gasteiger partial charge in [-0.25, -0.2) is 4.98 Å². The highest BCUT2D eigenvalue weighted by molar-refractivity contribution is 8.00. The Bertz CT molecular complexity index is 1330. The van der Waals surface area contributed by atoms with Crippen molar-refractivity contribution in [3.05, 3.63) is 99.8 Å². The van der Waals surface area contributed by atoms with E-state index in [1.54, 1.807) is 29.6 Å². The molecule has 0 radical (unpaired) electrons. The van der Waals surface area contributed by atoms with E-state index in [1.807, 2.05) is 74.5 Å². The molecule has 0 aliphatic heterocycles. The average molecular weight is 444 g/mol. The molecule has 0 aliphatic rings. The van der Waals surface area contributed by atoms with Crippen LogP contribution in [0.15, 0.2) is 82.7 Å². The van der Waals surface area contributed by atoms with E-state index in [0.29, 0.717) is 16.1 Å². The third-order valence-corrected chi connectivity index (χ3v) is 6.39. The second kappa shape index (κ2) is 9.01. The molecule has 0 N–H and O–H groups in total. The van der Waals surface area contributed by atoms with Crippen molar-refractivity contribution in [1.82, 2.24) is 14.5 Å². The van der Waals surface area contributed by atoms with Crippen molar-refractivity contribution in [2.75, 3.05) is 14.1 Å². The Labute approximate surface area is 191 Å². The first-order valence-electron chi connectivity index (χ1n) is 10.4. The standard InChI is InChI=1S/C26H25N3O2S/c1-17-14-18(2)16-20(15-17)29-24(30)21-12-8-9-13-22(21)27-26(29)32-23(25(31)28(3)4)19-10-6-5-7-11-19/h5-16,23H,1-4H3. The summed E-state index contributed by atoms with van der Waals surface area (Å²) in [6, 6.07) is 22.9. The molecule has 4 aromatic rings. The molecule has 5 nitrogen and oxygen atoms in total. The van der Waals surface area contributed by atoms with Gasteiger partial charge in [0, 0.05) is 14.1 Å². The third kappa shape index (κ3) is 4.32. The average Bonchev–Trinajstić information content (AvgIpc) is 2.77. The maximum atomic E-state index is 13.6. The van der Waals surface area contributed by atoms with Crippen molar-refractivity contribution >= 4 is 28.6 Å². The van der Waals surface area contributed by atoms with Crippen molar-refractivity contribution < 1.29 is 4.79 Å². The van der Waals surface area contributed by atoms with Gasteiger partial charge in [-0.05, 0) is 54.8 Å². The molecule has 32 heavy (non-hydrogen) atoms. The molecule has 0 saturated heterocycles. The van der Waals surface area contributed by atoms with Gasteiger partial charge in [-0.1, -0.05) is 60.3 Å². The number of rotatable bonds is 5. The smallest absolute Gasteiger partial charge is 0.266 e. The summed E-state index contributed by atoms with van der Waals surface area (Å²) >= 11 is 1.30. The van der Waals surface area contributed by atoms with Gasteiger partial charge in [0.05, 0.1) is 16.6 Å². The van der Waals surface area contributed by atoms with Crippen LogP contribution < -0.4 is 5.56 Å². The number of thioether (sulfide) groups is 1. The summed E-state index contributed by atoms with van der Waals surface area (Å²) in [7, 11) is 3.48. The largest absolute Gasteiger partial charge is 0.348 e. The molecule has 1 amide bonds. The van der Waals surface area contributed by atoms with E-state index in [-0.39, 0.29) is 11.5 Å². The number of benzene rings is 3. The zero-order valence-corrected chi connectivity index (χ0v) is 19.4. The van der Waals surface area contributed by atoms with E-state index in [1.165, 1.54) is 11.8 Å². The summed E-state index contributed by atoms with van der Waals surface area (Å²) in [5, 5.41) is 0.505. The lowest BCUT2D eigenvalue weighted by Crippen LogP contribution is -2.28. The van der Waals surface area contributed by atoms with Crippen molar-refractivity contribution in [3.8, 4) is 5.69 Å². The van der Waals surface area contributed by atoms with Crippen LogP contribution in [0.1, 0.15) is 21.9 Å². The van der Waals surface area contributed by atoms with Crippen molar-refractivity contribution in [2.45, 2.75) is 24.3 Å². The number of fused-ring (bicyclic) bond motifs is 1. The van der Waals surface area contributed by atoms with Crippen LogP contribution in [0.5, 0.6) is 0 Å². The number of hydrogen-bond donors (Lipinski definition) is 0. The van der Waals surface area contributed by atoms with Crippen molar-refractivity contribution in [2.24, 2.45) is 0 Å². The van der Waals surface area contributed by atoms with Gasteiger partial charge >= 0.3 is 0 Å². The van der Waals surface area contributed by atoms with Gasteiger partial charge in [0.1, 0.15) is 5.25 Å². The minimum Gasteiger partial charge on any atom is -0.348 e. The summed E-state index contributed by atoms with van der Waals surface area (Å²) < 4.78 is 1.63. The maximum absolute atomic E-state index is 13.6. The lowest BCUT2D eigenvalue weighted by molar-refractivity contribution is -0.128. The van der Waals surface area contributed by atoms with Crippen LogP contribution in [-0.4, -0.2) is 34.5 Å². The van der Waals surface area contributed by atoms with Crippen LogP contribution in [0.25, 0.3) is 16.6 Å². The fourth-order valence-corrected chi connectivity index (χ4v) is 4.99. The minimum absolute atomic E-state index is 0.0596. The molecular formula is C26H25N3O2S. The minimum atomic E-state index is -0.531. The van der Waals surface area contributed by atoms with Gasteiger partial charge in [0.2, 0.25) is 5.91 Å². The lowest BCUT2D eigenvalue weighted by Gasteiger charge is -2.22. The van der Waals surface area contributed by atoms with Crippen LogP contribution in [-0.2, 0) is 4.79 Å². The van der Waals surface area contributed by atoms with Crippen LogP contribution in [0.4, 0.5) is 0 Å². The topological polar surface area (TPSA) is 55.2 Å². The van der Waals surface area contributed by atoms with Crippen LogP contribution in [0, 0.1) is 13.8 Å². The Balaban J connectivity index is 1.96. The van der Waals surface area contributed by atoms with Crippen LogP contribution in [0.3, 0.4) is 0 Å². The van der Waals surface area contributed by atoms with Gasteiger partial charge in [-0.2, -0.15) is 0 Å². The van der Waals surface area contributed by atoms with E-state index in [2.05, 4.69) is 6.07 Å². The summed E-state index contributed by atoms with van der Waals surface area (Å²) in [5.41, 5.74) is 4.19. The highest BCUT2D eigenvalue weighted by atomic mass is 32.2. The molecule has 0 saturated carbocycles. The van der Waals surface area contributed by atoms with E-state index in [9.17, 15) is 9.59 Å². The van der Waals surface area contributed by atoms with Crippen molar-refractivity contribution in [3.63, 3.8) is 0 Å². The molecule has 0 bridgehead atoms. The van der Waals surface area contributed by atoms with Crippen LogP contribution >= 0.6 is 11.8 Å². The molecule has 3 aromatic carbocycles. The number of nitrogens with zero attached hydrogens (tertiary/aromatic N) is 3. The molecule has 1 aromatic heterocycles. The normalized spacial score (nSPS) is 12.0. The number of likely N-dealkylation sites (N-methyl/N-ethyl adjacent to an activating group) is 1. The molecule has 1 unspecified atom stereocenters. The molecule has 6 heteroatoms. The zero-order chi connectivity index (χ0) is 22.8. The predicted octanol–water partition coefficient (Wildman–Crippen LogP) is 4.92. The second-order valence-electron chi connectivity index (χ2n) is 8.04. The summed E-state index contributed by atoms with van der Waals surface area (Å²) in [4.78, 5) is 33.2. The van der Waals surface area contributed by atoms with Crippen molar-refractivity contribution in [1.29, 1.82) is 0 Å². The van der Waals surface area contributed by atoms with E-state index >= 15 is 0 Å². The number of carbonyl (C=O) groups is 1. The third-order valence-electron chi connectivity index (χ3n) is 5.20. The number of aromatic nitrogens is 2. The predicted molar refractivity (Wildman–Crippen MR) is 131 cm³/mol. The Kier molecular flexibility index (Phi) is 6.15. The van der Waals surface area contributed by atoms with Gasteiger partial charge in [-0.3, -0.25) is 14.2 Å². The Hall–Kier alpha value is -3.38. The fourth-order valence-electron chi connectivity index (χ4n) is 3.73. The zero-order valence-electron chi connectivity index (χ0n) is 18.6. The SMILES string of the molecule is Cc1cc(C)cc(-n2c(SC(C(=O)N(C)C)c3ccccc3)nc3ccccc3c2=O)c1. The van der Waals surface area contributed by atoms with E-state index in [0.717, 1.165) is 22.4 Å². The van der Waals surface area contributed by atoms with Gasteiger partial charge in [-0.15, -0.1) is 0 Å². The summed E-state index contributed by atoms with van der Waals surface area (Å²) in [6.07, 6.45) is 0.